The number of aliphatic hydroxyl groups is 1. The van der Waals surface area contributed by atoms with Gasteiger partial charge >= 0.3 is 0 Å². The number of aliphatic hydroxyl groups excluding tert-OH is 1. The molecule has 2 aromatic carbocycles. The number of para-hydroxylation sites is 1. The topological polar surface area (TPSA) is 50.9 Å². The molecular weight excluding hydrogens is 298 g/mol. The van der Waals surface area contributed by atoms with Gasteiger partial charge in [0.1, 0.15) is 5.69 Å². The van der Waals surface area contributed by atoms with Crippen molar-refractivity contribution in [3.8, 4) is 11.5 Å². The molecule has 118 valence electrons. The van der Waals surface area contributed by atoms with Crippen LogP contribution in [-0.4, -0.2) is 19.6 Å². The van der Waals surface area contributed by atoms with Crippen LogP contribution in [0.3, 0.4) is 0 Å². The SMILES string of the molecule is O[C@@H](Cn1ccnc1-c1ccc2ccccc2n1)c1ccccc1. The standard InChI is InChI=1S/C20H17N3O/c24-19(16-7-2-1-3-8-16)14-23-13-12-21-20(23)18-11-10-15-6-4-5-9-17(15)22-18/h1-13,19,24H,14H2/t19-/m0/s1. The number of hydrogen-bond acceptors (Lipinski definition) is 3. The van der Waals surface area contributed by atoms with Crippen molar-refractivity contribution in [3.63, 3.8) is 0 Å². The van der Waals surface area contributed by atoms with Crippen LogP contribution in [0.4, 0.5) is 0 Å². The van der Waals surface area contributed by atoms with Crippen molar-refractivity contribution in [2.24, 2.45) is 0 Å². The van der Waals surface area contributed by atoms with Crippen LogP contribution < -0.4 is 0 Å². The van der Waals surface area contributed by atoms with Crippen LogP contribution in [0.15, 0.2) is 79.1 Å². The van der Waals surface area contributed by atoms with Crippen molar-refractivity contribution < 1.29 is 5.11 Å². The molecule has 0 aliphatic heterocycles. The Morgan fingerprint density at radius 3 is 2.58 bits per heavy atom. The number of rotatable bonds is 4. The quantitative estimate of drug-likeness (QED) is 0.622. The Morgan fingerprint density at radius 2 is 1.71 bits per heavy atom. The molecule has 0 radical (unpaired) electrons. The van der Waals surface area contributed by atoms with Gasteiger partial charge in [-0.25, -0.2) is 9.97 Å². The molecule has 0 unspecified atom stereocenters. The first-order chi connectivity index (χ1) is 11.8. The fraction of sp³-hybridized carbons (Fsp3) is 0.100. The van der Waals surface area contributed by atoms with Gasteiger partial charge < -0.3 is 9.67 Å². The molecule has 2 heterocycles. The molecule has 4 rings (SSSR count). The van der Waals surface area contributed by atoms with E-state index in [1.807, 2.05) is 77.5 Å². The van der Waals surface area contributed by atoms with E-state index in [1.54, 1.807) is 6.20 Å². The van der Waals surface area contributed by atoms with Crippen LogP contribution in [0.2, 0.25) is 0 Å². The summed E-state index contributed by atoms with van der Waals surface area (Å²) in [7, 11) is 0. The van der Waals surface area contributed by atoms with E-state index in [9.17, 15) is 5.11 Å². The van der Waals surface area contributed by atoms with Gasteiger partial charge in [0.25, 0.3) is 0 Å². The Hall–Kier alpha value is -2.98. The van der Waals surface area contributed by atoms with E-state index in [-0.39, 0.29) is 0 Å². The van der Waals surface area contributed by atoms with Crippen molar-refractivity contribution in [1.29, 1.82) is 0 Å². The van der Waals surface area contributed by atoms with Gasteiger partial charge in [0.05, 0.1) is 18.2 Å². The first-order valence-corrected chi connectivity index (χ1v) is 7.91. The Labute approximate surface area is 140 Å². The first-order valence-electron chi connectivity index (χ1n) is 7.91. The molecule has 1 atom stereocenters. The zero-order valence-electron chi connectivity index (χ0n) is 13.1. The van der Waals surface area contributed by atoms with Crippen LogP contribution in [-0.2, 0) is 6.54 Å². The zero-order chi connectivity index (χ0) is 16.4. The minimum Gasteiger partial charge on any atom is -0.387 e. The lowest BCUT2D eigenvalue weighted by atomic mass is 10.1. The molecule has 4 heteroatoms. The van der Waals surface area contributed by atoms with Crippen molar-refractivity contribution in [3.05, 3.63) is 84.7 Å². The van der Waals surface area contributed by atoms with E-state index < -0.39 is 6.10 Å². The molecule has 2 aromatic heterocycles. The van der Waals surface area contributed by atoms with E-state index in [0.717, 1.165) is 28.0 Å². The summed E-state index contributed by atoms with van der Waals surface area (Å²) in [6.07, 6.45) is 3.03. The van der Waals surface area contributed by atoms with Gasteiger partial charge in [0.2, 0.25) is 0 Å². The zero-order valence-corrected chi connectivity index (χ0v) is 13.1. The van der Waals surface area contributed by atoms with Gasteiger partial charge in [-0.05, 0) is 17.7 Å². The van der Waals surface area contributed by atoms with Crippen LogP contribution >= 0.6 is 0 Å². The lowest BCUT2D eigenvalue weighted by Gasteiger charge is -2.14. The molecular formula is C20H17N3O. The van der Waals surface area contributed by atoms with Gasteiger partial charge in [0.15, 0.2) is 5.82 Å². The predicted molar refractivity (Wildman–Crippen MR) is 94.4 cm³/mol. The summed E-state index contributed by atoms with van der Waals surface area (Å²) in [4.78, 5) is 9.12. The van der Waals surface area contributed by atoms with Crippen LogP contribution in [0.5, 0.6) is 0 Å². The number of pyridine rings is 1. The second-order valence-corrected chi connectivity index (χ2v) is 5.72. The normalized spacial score (nSPS) is 12.4. The fourth-order valence-electron chi connectivity index (χ4n) is 2.85. The number of fused-ring (bicyclic) bond motifs is 1. The maximum atomic E-state index is 10.5. The van der Waals surface area contributed by atoms with E-state index in [1.165, 1.54) is 0 Å². The summed E-state index contributed by atoms with van der Waals surface area (Å²) in [5.74, 6) is 0.760. The summed E-state index contributed by atoms with van der Waals surface area (Å²) in [5.41, 5.74) is 2.63. The lowest BCUT2D eigenvalue weighted by Crippen LogP contribution is -2.09. The van der Waals surface area contributed by atoms with E-state index in [0.29, 0.717) is 6.54 Å². The maximum Gasteiger partial charge on any atom is 0.158 e. The summed E-state index contributed by atoms with van der Waals surface area (Å²) >= 11 is 0. The summed E-state index contributed by atoms with van der Waals surface area (Å²) in [6, 6.07) is 21.7. The molecule has 1 N–H and O–H groups in total. The van der Waals surface area contributed by atoms with E-state index >= 15 is 0 Å². The average molecular weight is 315 g/mol. The van der Waals surface area contributed by atoms with Crippen molar-refractivity contribution in [2.45, 2.75) is 12.6 Å². The molecule has 4 aromatic rings. The molecule has 0 spiro atoms. The van der Waals surface area contributed by atoms with Gasteiger partial charge in [-0.2, -0.15) is 0 Å². The predicted octanol–water partition coefficient (Wildman–Crippen LogP) is 3.83. The minimum absolute atomic E-state index is 0.438. The van der Waals surface area contributed by atoms with Gasteiger partial charge in [-0.3, -0.25) is 0 Å². The second kappa shape index (κ2) is 6.26. The largest absolute Gasteiger partial charge is 0.387 e. The van der Waals surface area contributed by atoms with Crippen LogP contribution in [0.25, 0.3) is 22.4 Å². The Balaban J connectivity index is 1.66. The first kappa shape index (κ1) is 14.6. The summed E-state index contributed by atoms with van der Waals surface area (Å²) < 4.78 is 1.94. The van der Waals surface area contributed by atoms with Gasteiger partial charge in [0, 0.05) is 17.8 Å². The molecule has 4 nitrogen and oxygen atoms in total. The molecule has 0 fully saturated rings. The highest BCUT2D eigenvalue weighted by Crippen LogP contribution is 2.22. The summed E-state index contributed by atoms with van der Waals surface area (Å²) in [6.45, 7) is 0.438. The van der Waals surface area contributed by atoms with E-state index in [2.05, 4.69) is 4.98 Å². The summed E-state index contributed by atoms with van der Waals surface area (Å²) in [5, 5.41) is 11.6. The van der Waals surface area contributed by atoms with Crippen molar-refractivity contribution in [1.82, 2.24) is 14.5 Å². The number of hydrogen-bond donors (Lipinski definition) is 1. The van der Waals surface area contributed by atoms with Crippen LogP contribution in [0, 0.1) is 0 Å². The molecule has 0 aliphatic rings. The monoisotopic (exact) mass is 315 g/mol. The number of nitrogens with zero attached hydrogens (tertiary/aromatic N) is 3. The van der Waals surface area contributed by atoms with E-state index in [4.69, 9.17) is 4.98 Å². The lowest BCUT2D eigenvalue weighted by molar-refractivity contribution is 0.157. The molecule has 0 saturated heterocycles. The number of imidazole rings is 1. The third-order valence-electron chi connectivity index (χ3n) is 4.10. The molecule has 0 aliphatic carbocycles. The van der Waals surface area contributed by atoms with Crippen molar-refractivity contribution in [2.75, 3.05) is 0 Å². The Bertz CT molecular complexity index is 963. The highest BCUT2D eigenvalue weighted by molar-refractivity contribution is 5.80. The minimum atomic E-state index is -0.584. The number of aromatic nitrogens is 3. The second-order valence-electron chi connectivity index (χ2n) is 5.72. The van der Waals surface area contributed by atoms with Gasteiger partial charge in [-0.15, -0.1) is 0 Å². The highest BCUT2D eigenvalue weighted by Gasteiger charge is 2.13. The number of benzene rings is 2. The third-order valence-corrected chi connectivity index (χ3v) is 4.10. The Morgan fingerprint density at radius 1 is 0.917 bits per heavy atom. The Kier molecular flexibility index (Phi) is 3.81. The average Bonchev–Trinajstić information content (AvgIpc) is 3.10. The third kappa shape index (κ3) is 2.79. The molecule has 24 heavy (non-hydrogen) atoms. The maximum absolute atomic E-state index is 10.5. The molecule has 0 amide bonds. The van der Waals surface area contributed by atoms with Gasteiger partial charge in [-0.1, -0.05) is 54.6 Å². The molecule has 0 saturated carbocycles. The van der Waals surface area contributed by atoms with Crippen LogP contribution in [0.1, 0.15) is 11.7 Å². The molecule has 0 bridgehead atoms. The fourth-order valence-corrected chi connectivity index (χ4v) is 2.85. The van der Waals surface area contributed by atoms with Crippen molar-refractivity contribution >= 4 is 10.9 Å². The highest BCUT2D eigenvalue weighted by atomic mass is 16.3. The smallest absolute Gasteiger partial charge is 0.158 e.